The number of aliphatic imine (C=N–C) groups is 1. The van der Waals surface area contributed by atoms with Crippen molar-refractivity contribution in [2.45, 2.75) is 107 Å². The van der Waals surface area contributed by atoms with Gasteiger partial charge in [0.25, 0.3) is 0 Å². The van der Waals surface area contributed by atoms with Gasteiger partial charge in [-0.15, -0.1) is 17.6 Å². The molecule has 6 heteroatoms. The van der Waals surface area contributed by atoms with Gasteiger partial charge in [-0.1, -0.05) is 0 Å². The molecule has 1 aliphatic heterocycles. The van der Waals surface area contributed by atoms with Crippen LogP contribution in [0.5, 0.6) is 0 Å². The van der Waals surface area contributed by atoms with Crippen LogP contribution in [0.15, 0.2) is 4.99 Å². The third-order valence-corrected chi connectivity index (χ3v) is 9.00. The molecule has 0 aromatic carbocycles. The predicted octanol–water partition coefficient (Wildman–Crippen LogP) is 5.36. The smallest absolute Gasteiger partial charge is 0.0796 e. The number of ether oxygens (including phenoxy) is 1. The molecular weight excluding hydrogens is 392 g/mol. The van der Waals surface area contributed by atoms with Crippen LogP contribution in [0.2, 0.25) is 0 Å². The topological polar surface area (TPSA) is 55.9 Å². The van der Waals surface area contributed by atoms with Crippen LogP contribution in [0.1, 0.15) is 73.1 Å². The van der Waals surface area contributed by atoms with Crippen molar-refractivity contribution in [3.63, 3.8) is 0 Å². The summed E-state index contributed by atoms with van der Waals surface area (Å²) in [6.07, 6.45) is 5.49. The van der Waals surface area contributed by atoms with Crippen LogP contribution < -0.4 is 0 Å². The van der Waals surface area contributed by atoms with Crippen molar-refractivity contribution in [3.8, 4) is 0 Å². The summed E-state index contributed by atoms with van der Waals surface area (Å²) in [5.41, 5.74) is -1.69. The molecule has 3 fully saturated rings. The van der Waals surface area contributed by atoms with Crippen LogP contribution in [-0.2, 0) is 4.74 Å². The largest absolute Gasteiger partial charge is 0.660 e. The fraction of sp³-hybridized carbons (Fsp3) is 0.955. The van der Waals surface area contributed by atoms with Crippen LogP contribution in [0.3, 0.4) is 0 Å². The number of isothiocyanates is 1. The Bertz CT molecular complexity index is 650. The lowest BCUT2D eigenvalue weighted by Crippen LogP contribution is -2.64. The minimum atomic E-state index is -0.802. The van der Waals surface area contributed by atoms with Gasteiger partial charge in [-0.25, -0.2) is 4.99 Å². The molecule has 0 bridgehead atoms. The van der Waals surface area contributed by atoms with E-state index in [1.54, 1.807) is 0 Å². The molecule has 0 aromatic heterocycles. The van der Waals surface area contributed by atoms with E-state index < -0.39 is 5.60 Å². The third-order valence-electron chi connectivity index (χ3n) is 8.16. The zero-order valence-electron chi connectivity index (χ0n) is 18.2. The van der Waals surface area contributed by atoms with Crippen LogP contribution in [-0.4, -0.2) is 51.1 Å². The normalized spacial score (nSPS) is 51.1. The summed E-state index contributed by atoms with van der Waals surface area (Å²) in [5, 5.41) is 18.6. The summed E-state index contributed by atoms with van der Waals surface area (Å²) < 4.78 is 6.73. The third kappa shape index (κ3) is 3.72. The number of nitrogens with zero attached hydrogens (tertiary/aromatic N) is 2. The fourth-order valence-corrected chi connectivity index (χ4v) is 6.98. The second-order valence-corrected chi connectivity index (χ2v) is 11.2. The maximum absolute atomic E-state index is 11.2. The van der Waals surface area contributed by atoms with Crippen LogP contribution in [0.25, 0.3) is 5.32 Å². The maximum atomic E-state index is 11.2. The van der Waals surface area contributed by atoms with E-state index in [0.717, 1.165) is 38.5 Å². The van der Waals surface area contributed by atoms with Gasteiger partial charge >= 0.3 is 0 Å². The Morgan fingerprint density at radius 2 is 1.71 bits per heavy atom. The average molecular weight is 428 g/mol. The number of hydrogen-bond acceptors (Lipinski definition) is 4. The standard InChI is InChI=1S/C22H36ClN2O2S/c1-19(2)16(23)9-12-22(5,27-19)15-7-10-20(3,25-13-28)14-8-11-21(4,26)18(24-6)17(14)15/h14-18,26H,7-12H2,1-6H3/q-1/t14-,15-,16-,17-,18+,20-,21+,22+/m0/s1. The van der Waals surface area contributed by atoms with Crippen molar-refractivity contribution in [1.29, 1.82) is 0 Å². The molecule has 4 nitrogen and oxygen atoms in total. The number of halogens is 1. The number of alkyl halides is 1. The highest BCUT2D eigenvalue weighted by molar-refractivity contribution is 7.78. The Hall–Kier alpha value is -0.0300. The highest BCUT2D eigenvalue weighted by Gasteiger charge is 2.58. The molecule has 0 radical (unpaired) electrons. The first kappa shape index (κ1) is 22.7. The molecule has 0 aromatic rings. The Morgan fingerprint density at radius 3 is 2.29 bits per heavy atom. The summed E-state index contributed by atoms with van der Waals surface area (Å²) in [7, 11) is 1.84. The zero-order chi connectivity index (χ0) is 21.0. The minimum Gasteiger partial charge on any atom is -0.660 e. The van der Waals surface area contributed by atoms with Crippen molar-refractivity contribution < 1.29 is 9.84 Å². The Labute approximate surface area is 180 Å². The number of fused-ring (bicyclic) bond motifs is 1. The van der Waals surface area contributed by atoms with E-state index in [1.165, 1.54) is 0 Å². The van der Waals surface area contributed by atoms with E-state index in [1.807, 2.05) is 14.0 Å². The van der Waals surface area contributed by atoms with Gasteiger partial charge in [0, 0.05) is 5.60 Å². The van der Waals surface area contributed by atoms with E-state index in [-0.39, 0.29) is 34.1 Å². The number of aliphatic hydroxyl groups is 1. The molecule has 1 heterocycles. The summed E-state index contributed by atoms with van der Waals surface area (Å²) in [5.74, 6) is 0.815. The van der Waals surface area contributed by atoms with Gasteiger partial charge in [0.2, 0.25) is 0 Å². The highest BCUT2D eigenvalue weighted by atomic mass is 35.5. The van der Waals surface area contributed by atoms with E-state index >= 15 is 0 Å². The second-order valence-electron chi connectivity index (χ2n) is 10.5. The number of hydrogen-bond donors (Lipinski definition) is 1. The summed E-state index contributed by atoms with van der Waals surface area (Å²) in [6, 6.07) is -0.131. The molecular formula is C22H36ClN2O2S-. The molecule has 3 aliphatic rings. The zero-order valence-corrected chi connectivity index (χ0v) is 19.7. The van der Waals surface area contributed by atoms with Gasteiger partial charge in [0.15, 0.2) is 0 Å². The molecule has 8 atom stereocenters. The van der Waals surface area contributed by atoms with E-state index in [0.29, 0.717) is 11.8 Å². The maximum Gasteiger partial charge on any atom is 0.0796 e. The first-order chi connectivity index (χ1) is 12.9. The molecule has 1 saturated heterocycles. The molecule has 2 saturated carbocycles. The first-order valence-corrected chi connectivity index (χ1v) is 11.5. The highest BCUT2D eigenvalue weighted by Crippen LogP contribution is 2.58. The molecule has 28 heavy (non-hydrogen) atoms. The summed E-state index contributed by atoms with van der Waals surface area (Å²) >= 11 is 11.6. The average Bonchev–Trinajstić information content (AvgIpc) is 2.57. The van der Waals surface area contributed by atoms with Crippen molar-refractivity contribution >= 4 is 29.0 Å². The van der Waals surface area contributed by atoms with Gasteiger partial charge in [-0.3, -0.25) is 0 Å². The van der Waals surface area contributed by atoms with E-state index in [9.17, 15) is 5.11 Å². The number of likely N-dealkylation sites (N-methyl/N-ethyl adjacent to an activating group) is 1. The summed E-state index contributed by atoms with van der Waals surface area (Å²) in [6.45, 7) is 10.6. The van der Waals surface area contributed by atoms with E-state index in [4.69, 9.17) is 33.9 Å². The minimum absolute atomic E-state index is 0.0192. The number of rotatable bonds is 3. The summed E-state index contributed by atoms with van der Waals surface area (Å²) in [4.78, 5) is 4.64. The molecule has 3 rings (SSSR count). The Kier molecular flexibility index (Phi) is 6.14. The van der Waals surface area contributed by atoms with Crippen molar-refractivity contribution in [2.75, 3.05) is 7.05 Å². The molecule has 2 aliphatic carbocycles. The predicted molar refractivity (Wildman–Crippen MR) is 119 cm³/mol. The van der Waals surface area contributed by atoms with Crippen LogP contribution in [0.4, 0.5) is 0 Å². The van der Waals surface area contributed by atoms with Crippen molar-refractivity contribution in [3.05, 3.63) is 5.32 Å². The molecule has 160 valence electrons. The van der Waals surface area contributed by atoms with Gasteiger partial charge in [0.1, 0.15) is 0 Å². The first-order valence-electron chi connectivity index (χ1n) is 10.6. The molecule has 0 amide bonds. The lowest BCUT2D eigenvalue weighted by molar-refractivity contribution is -0.218. The van der Waals surface area contributed by atoms with Crippen LogP contribution >= 0.6 is 23.8 Å². The van der Waals surface area contributed by atoms with Crippen LogP contribution in [0, 0.1) is 17.8 Å². The Morgan fingerprint density at radius 1 is 1.07 bits per heavy atom. The molecule has 1 N–H and O–H groups in total. The SMILES string of the molecule is C[N-][C@@H]1[C@@H]2[C@@H]([C@@]3(C)CC[C@H](Cl)C(C)(C)O3)CC[C@](C)(N=C=S)[C@H]2CC[C@@]1(C)O. The van der Waals surface area contributed by atoms with Gasteiger partial charge in [0.05, 0.1) is 27.3 Å². The van der Waals surface area contributed by atoms with Crippen molar-refractivity contribution in [2.24, 2.45) is 22.7 Å². The second kappa shape index (κ2) is 7.59. The molecule has 0 unspecified atom stereocenters. The van der Waals surface area contributed by atoms with Gasteiger partial charge < -0.3 is 15.2 Å². The molecule has 0 spiro atoms. The lowest BCUT2D eigenvalue weighted by atomic mass is 9.51. The van der Waals surface area contributed by atoms with Crippen molar-refractivity contribution in [1.82, 2.24) is 0 Å². The van der Waals surface area contributed by atoms with E-state index in [2.05, 4.69) is 37.8 Å². The van der Waals surface area contributed by atoms with Gasteiger partial charge in [-0.2, -0.15) is 7.05 Å². The fourth-order valence-electron chi connectivity index (χ4n) is 6.62. The Balaban J connectivity index is 2.03. The lowest BCUT2D eigenvalue weighted by Gasteiger charge is -2.64. The van der Waals surface area contributed by atoms with Gasteiger partial charge in [-0.05, 0) is 103 Å². The number of thiocarbonyl (C=S) groups is 1. The monoisotopic (exact) mass is 427 g/mol. The quantitative estimate of drug-likeness (QED) is 0.374.